The number of hydrogen-bond donors (Lipinski definition) is 0. The lowest BCUT2D eigenvalue weighted by Crippen LogP contribution is -2.64. The predicted octanol–water partition coefficient (Wildman–Crippen LogP) is 8.05. The molecule has 7 rings (SSSR count). The zero-order valence-corrected chi connectivity index (χ0v) is 30.5. The number of aryl methyl sites for hydroxylation is 1. The van der Waals surface area contributed by atoms with Gasteiger partial charge in [-0.25, -0.2) is 9.48 Å². The van der Waals surface area contributed by atoms with E-state index in [1.807, 2.05) is 62.8 Å². The molecule has 3 aliphatic rings. The van der Waals surface area contributed by atoms with Crippen molar-refractivity contribution in [2.45, 2.75) is 91.5 Å². The normalized spacial score (nSPS) is 18.9. The molecule has 4 heterocycles. The highest BCUT2D eigenvalue weighted by Gasteiger charge is 2.55. The summed E-state index contributed by atoms with van der Waals surface area (Å²) in [5.74, 6) is 0.335. The Morgan fingerprint density at radius 3 is 2.44 bits per heavy atom. The number of fused-ring (bicyclic) bond motifs is 1. The highest BCUT2D eigenvalue weighted by molar-refractivity contribution is 6.36. The molecule has 0 N–H and O–H groups in total. The molecule has 11 nitrogen and oxygen atoms in total. The number of hydrogen-bond acceptors (Lipinski definition) is 8. The minimum Gasteiger partial charge on any atom is -0.490 e. The third-order valence-corrected chi connectivity index (χ3v) is 10.5. The molecule has 1 unspecified atom stereocenters. The molecule has 50 heavy (non-hydrogen) atoms. The smallest absolute Gasteiger partial charge is 0.410 e. The number of halogens is 1. The van der Waals surface area contributed by atoms with Crippen LogP contribution < -0.4 is 4.74 Å². The van der Waals surface area contributed by atoms with Gasteiger partial charge in [-0.1, -0.05) is 11.6 Å². The molecule has 12 heteroatoms. The molecule has 2 aromatic carbocycles. The molecule has 2 aromatic heterocycles. The van der Waals surface area contributed by atoms with Crippen LogP contribution in [-0.4, -0.2) is 75.0 Å². The molecule has 1 amide bonds. The van der Waals surface area contributed by atoms with Gasteiger partial charge in [0, 0.05) is 59.8 Å². The number of carbonyl (C=O) groups excluding carboxylic acids is 2. The predicted molar refractivity (Wildman–Crippen MR) is 190 cm³/mol. The van der Waals surface area contributed by atoms with Gasteiger partial charge in [0.15, 0.2) is 6.23 Å². The number of benzene rings is 2. The molecular weight excluding hydrogens is 658 g/mol. The Hall–Kier alpha value is -4.09. The van der Waals surface area contributed by atoms with E-state index >= 15 is 0 Å². The Balaban J connectivity index is 1.23. The highest BCUT2D eigenvalue weighted by atomic mass is 35.5. The molecule has 0 bridgehead atoms. The lowest BCUT2D eigenvalue weighted by Gasteiger charge is -2.58. The van der Waals surface area contributed by atoms with Crippen molar-refractivity contribution in [1.29, 1.82) is 0 Å². The largest absolute Gasteiger partial charge is 0.490 e. The van der Waals surface area contributed by atoms with E-state index in [0.717, 1.165) is 83.3 Å². The fraction of sp³-hybridized carbons (Fsp3) is 0.526. The van der Waals surface area contributed by atoms with Gasteiger partial charge in [-0.05, 0) is 103 Å². The van der Waals surface area contributed by atoms with Crippen molar-refractivity contribution in [3.8, 4) is 28.1 Å². The maximum atomic E-state index is 12.7. The number of esters is 1. The molecule has 1 atom stereocenters. The Labute approximate surface area is 297 Å². The van der Waals surface area contributed by atoms with Gasteiger partial charge in [0.05, 0.1) is 22.8 Å². The van der Waals surface area contributed by atoms with E-state index in [2.05, 4.69) is 17.7 Å². The van der Waals surface area contributed by atoms with E-state index in [-0.39, 0.29) is 43.0 Å². The molecule has 266 valence electrons. The van der Waals surface area contributed by atoms with Gasteiger partial charge < -0.3 is 23.8 Å². The number of aromatic nitrogens is 4. The maximum absolute atomic E-state index is 12.7. The van der Waals surface area contributed by atoms with Crippen LogP contribution in [0.5, 0.6) is 5.75 Å². The van der Waals surface area contributed by atoms with E-state index in [1.165, 1.54) is 6.92 Å². The summed E-state index contributed by atoms with van der Waals surface area (Å²) in [7, 11) is 0. The Bertz CT molecular complexity index is 1910. The standard InChI is InChI=1S/C38H46ClN5O6/c1-23-17-30-29(20-40-44(30)31-9-7-8-14-49-31)33(34(23)39)32-24(2)43(27-18-38(19-27)21-42(22-38)36(46)50-37(4,5)6)41-35(32)26-10-12-28(13-11-26)48-16-15-47-25(3)45/h10-13,17,20,27,31H,7-9,14-16,18-19,21-22H2,1-6H3. The van der Waals surface area contributed by atoms with Crippen LogP contribution in [0.4, 0.5) is 4.79 Å². The minimum absolute atomic E-state index is 0.0841. The van der Waals surface area contributed by atoms with E-state index < -0.39 is 5.60 Å². The molecule has 1 spiro atoms. The molecule has 2 saturated heterocycles. The van der Waals surface area contributed by atoms with E-state index in [4.69, 9.17) is 40.7 Å². The van der Waals surface area contributed by atoms with Crippen LogP contribution in [0.15, 0.2) is 36.5 Å². The van der Waals surface area contributed by atoms with Crippen LogP contribution in [0.1, 0.15) is 83.3 Å². The van der Waals surface area contributed by atoms with Gasteiger partial charge in [-0.15, -0.1) is 0 Å². The Morgan fingerprint density at radius 2 is 1.78 bits per heavy atom. The van der Waals surface area contributed by atoms with Gasteiger partial charge >= 0.3 is 12.1 Å². The zero-order chi connectivity index (χ0) is 35.4. The van der Waals surface area contributed by atoms with Crippen LogP contribution in [0.25, 0.3) is 33.3 Å². The summed E-state index contributed by atoms with van der Waals surface area (Å²) in [5, 5.41) is 11.8. The van der Waals surface area contributed by atoms with Crippen molar-refractivity contribution < 1.29 is 28.5 Å². The monoisotopic (exact) mass is 703 g/mol. The summed E-state index contributed by atoms with van der Waals surface area (Å²) in [4.78, 5) is 25.6. The van der Waals surface area contributed by atoms with E-state index in [0.29, 0.717) is 23.9 Å². The van der Waals surface area contributed by atoms with Crippen molar-refractivity contribution in [3.05, 3.63) is 52.8 Å². The number of amides is 1. The molecule has 1 aliphatic carbocycles. The maximum Gasteiger partial charge on any atom is 0.410 e. The summed E-state index contributed by atoms with van der Waals surface area (Å²) in [6.45, 7) is 13.8. The highest BCUT2D eigenvalue weighted by Crippen LogP contribution is 2.55. The number of carbonyl (C=O) groups is 2. The van der Waals surface area contributed by atoms with Gasteiger partial charge in [-0.3, -0.25) is 9.48 Å². The van der Waals surface area contributed by atoms with Crippen molar-refractivity contribution in [1.82, 2.24) is 24.5 Å². The third-order valence-electron chi connectivity index (χ3n) is 10.0. The van der Waals surface area contributed by atoms with Gasteiger partial charge in [0.1, 0.15) is 30.3 Å². The van der Waals surface area contributed by atoms with Crippen LogP contribution in [0.3, 0.4) is 0 Å². The number of ether oxygens (including phenoxy) is 4. The van der Waals surface area contributed by atoms with Gasteiger partial charge in [0.2, 0.25) is 0 Å². The first kappa shape index (κ1) is 34.4. The fourth-order valence-electron chi connectivity index (χ4n) is 7.70. The zero-order valence-electron chi connectivity index (χ0n) is 29.8. The first-order valence-electron chi connectivity index (χ1n) is 17.5. The summed E-state index contributed by atoms with van der Waals surface area (Å²) in [6.07, 6.45) is 6.48. The number of rotatable bonds is 8. The van der Waals surface area contributed by atoms with Gasteiger partial charge in [0.25, 0.3) is 0 Å². The minimum atomic E-state index is -0.516. The van der Waals surface area contributed by atoms with Crippen molar-refractivity contribution in [2.24, 2.45) is 5.41 Å². The topological polar surface area (TPSA) is 110 Å². The quantitative estimate of drug-likeness (QED) is 0.134. The number of nitrogens with zero attached hydrogens (tertiary/aromatic N) is 5. The van der Waals surface area contributed by atoms with E-state index in [9.17, 15) is 9.59 Å². The molecule has 2 aliphatic heterocycles. The molecule has 0 radical (unpaired) electrons. The second kappa shape index (κ2) is 13.2. The van der Waals surface area contributed by atoms with Crippen molar-refractivity contribution in [2.75, 3.05) is 32.9 Å². The fourth-order valence-corrected chi connectivity index (χ4v) is 7.95. The summed E-state index contributed by atoms with van der Waals surface area (Å²) in [6, 6.07) is 10.1. The second-order valence-electron chi connectivity index (χ2n) is 15.1. The lowest BCUT2D eigenvalue weighted by atomic mass is 9.61. The second-order valence-corrected chi connectivity index (χ2v) is 15.5. The van der Waals surface area contributed by atoms with Crippen LogP contribution in [-0.2, 0) is 19.0 Å². The van der Waals surface area contributed by atoms with Crippen LogP contribution >= 0.6 is 11.6 Å². The lowest BCUT2D eigenvalue weighted by molar-refractivity contribution is -0.141. The summed E-state index contributed by atoms with van der Waals surface area (Å²) >= 11 is 7.25. The molecular formula is C38H46ClN5O6. The van der Waals surface area contributed by atoms with Crippen LogP contribution in [0.2, 0.25) is 5.02 Å². The average molecular weight is 704 g/mol. The van der Waals surface area contributed by atoms with Crippen LogP contribution in [0, 0.1) is 19.3 Å². The molecule has 4 aromatic rings. The average Bonchev–Trinajstić information content (AvgIpc) is 3.59. The van der Waals surface area contributed by atoms with Crippen molar-refractivity contribution in [3.63, 3.8) is 0 Å². The first-order valence-corrected chi connectivity index (χ1v) is 17.9. The Morgan fingerprint density at radius 1 is 1.04 bits per heavy atom. The Kier molecular flexibility index (Phi) is 9.09. The summed E-state index contributed by atoms with van der Waals surface area (Å²) in [5.41, 5.74) is 6.19. The third kappa shape index (κ3) is 6.57. The molecule has 3 fully saturated rings. The SMILES string of the molecule is CC(=O)OCCOc1ccc(-c2nn(C3CC4(C3)CN(C(=O)OC(C)(C)C)C4)c(C)c2-c2c(Cl)c(C)cc3c2cnn3C2CCCCO2)cc1. The molecule has 1 saturated carbocycles. The van der Waals surface area contributed by atoms with Crippen molar-refractivity contribution >= 4 is 34.6 Å². The van der Waals surface area contributed by atoms with E-state index in [1.54, 1.807) is 4.90 Å². The van der Waals surface area contributed by atoms with Gasteiger partial charge in [-0.2, -0.15) is 10.2 Å². The first-order chi connectivity index (χ1) is 23.8. The summed E-state index contributed by atoms with van der Waals surface area (Å²) < 4.78 is 26.7. The number of likely N-dealkylation sites (tertiary alicyclic amines) is 1.